The van der Waals surface area contributed by atoms with E-state index in [9.17, 15) is 9.90 Å². The van der Waals surface area contributed by atoms with E-state index in [1.54, 1.807) is 6.07 Å². The lowest BCUT2D eigenvalue weighted by molar-refractivity contribution is 0.0916. The van der Waals surface area contributed by atoms with Gasteiger partial charge in [-0.3, -0.25) is 4.79 Å². The van der Waals surface area contributed by atoms with Crippen LogP contribution in [0.1, 0.15) is 27.8 Å². The Hall–Kier alpha value is -1.63. The highest BCUT2D eigenvalue weighted by Crippen LogP contribution is 2.15. The molecule has 5 nitrogen and oxygen atoms in total. The van der Waals surface area contributed by atoms with Crippen LogP contribution in [0.25, 0.3) is 0 Å². The molecule has 0 aliphatic carbocycles. The fraction of sp³-hybridized carbons (Fsp3) is 0.250. The van der Waals surface area contributed by atoms with Crippen molar-refractivity contribution in [3.05, 3.63) is 46.0 Å². The Labute approximate surface area is 108 Å². The summed E-state index contributed by atoms with van der Waals surface area (Å²) in [4.78, 5) is 11.7. The van der Waals surface area contributed by atoms with E-state index >= 15 is 0 Å². The van der Waals surface area contributed by atoms with E-state index in [-0.39, 0.29) is 19.0 Å². The number of thiophene rings is 1. The zero-order valence-corrected chi connectivity index (χ0v) is 10.4. The monoisotopic (exact) mass is 266 g/mol. The maximum atomic E-state index is 11.7. The van der Waals surface area contributed by atoms with Crippen LogP contribution in [0.4, 0.5) is 0 Å². The maximum absolute atomic E-state index is 11.7. The predicted octanol–water partition coefficient (Wildman–Crippen LogP) is 1.26. The molecule has 0 bridgehead atoms. The van der Waals surface area contributed by atoms with Crippen molar-refractivity contribution in [2.75, 3.05) is 6.54 Å². The Morgan fingerprint density at radius 3 is 3.06 bits per heavy atom. The van der Waals surface area contributed by atoms with E-state index in [4.69, 9.17) is 10.2 Å². The van der Waals surface area contributed by atoms with Crippen molar-refractivity contribution < 1.29 is 14.3 Å². The summed E-state index contributed by atoms with van der Waals surface area (Å²) in [6, 6.07) is 3.41. The molecule has 0 aromatic carbocycles. The zero-order chi connectivity index (χ0) is 13.0. The molecule has 0 fully saturated rings. The lowest BCUT2D eigenvalue weighted by atomic mass is 10.2. The number of amides is 1. The molecular weight excluding hydrogens is 252 g/mol. The van der Waals surface area contributed by atoms with Gasteiger partial charge < -0.3 is 20.6 Å². The maximum Gasteiger partial charge on any atom is 0.254 e. The van der Waals surface area contributed by atoms with Crippen LogP contribution in [0.15, 0.2) is 33.6 Å². The van der Waals surface area contributed by atoms with E-state index in [1.807, 2.05) is 16.8 Å². The molecule has 1 amide bonds. The summed E-state index contributed by atoms with van der Waals surface area (Å²) in [5.74, 6) is 0.270. The molecule has 0 spiro atoms. The van der Waals surface area contributed by atoms with E-state index in [1.165, 1.54) is 17.6 Å². The summed E-state index contributed by atoms with van der Waals surface area (Å²) in [5.41, 5.74) is 6.60. The molecule has 2 heterocycles. The highest BCUT2D eigenvalue weighted by molar-refractivity contribution is 7.07. The molecular formula is C12H14N2O3S. The van der Waals surface area contributed by atoms with Crippen LogP contribution in [0.5, 0.6) is 0 Å². The van der Waals surface area contributed by atoms with Crippen LogP contribution in [0.3, 0.4) is 0 Å². The summed E-state index contributed by atoms with van der Waals surface area (Å²) in [6.45, 7) is 0.420. The van der Waals surface area contributed by atoms with E-state index in [0.717, 1.165) is 5.56 Å². The van der Waals surface area contributed by atoms with E-state index in [2.05, 4.69) is 5.32 Å². The minimum Gasteiger partial charge on any atom is -0.467 e. The van der Waals surface area contributed by atoms with Crippen molar-refractivity contribution in [2.24, 2.45) is 5.73 Å². The predicted molar refractivity (Wildman–Crippen MR) is 68.2 cm³/mol. The molecule has 0 saturated heterocycles. The fourth-order valence-corrected chi connectivity index (χ4v) is 2.19. The van der Waals surface area contributed by atoms with Crippen molar-refractivity contribution in [2.45, 2.75) is 12.6 Å². The molecule has 2 rings (SSSR count). The molecule has 0 radical (unpaired) electrons. The van der Waals surface area contributed by atoms with Gasteiger partial charge in [-0.05, 0) is 28.5 Å². The van der Waals surface area contributed by atoms with Gasteiger partial charge in [0.25, 0.3) is 5.91 Å². The van der Waals surface area contributed by atoms with Gasteiger partial charge in [-0.15, -0.1) is 0 Å². The smallest absolute Gasteiger partial charge is 0.254 e. The van der Waals surface area contributed by atoms with E-state index < -0.39 is 6.10 Å². The highest BCUT2D eigenvalue weighted by atomic mass is 32.1. The Morgan fingerprint density at radius 2 is 2.44 bits per heavy atom. The molecule has 4 N–H and O–H groups in total. The summed E-state index contributed by atoms with van der Waals surface area (Å²) in [5, 5.41) is 16.2. The van der Waals surface area contributed by atoms with Crippen molar-refractivity contribution in [3.63, 3.8) is 0 Å². The number of aliphatic hydroxyl groups excluding tert-OH is 1. The Kier molecular flexibility index (Phi) is 4.14. The Balaban J connectivity index is 1.88. The first-order valence-electron chi connectivity index (χ1n) is 5.46. The molecule has 0 saturated carbocycles. The number of carbonyl (C=O) groups excluding carboxylic acids is 1. The summed E-state index contributed by atoms with van der Waals surface area (Å²) < 4.78 is 5.07. The van der Waals surface area contributed by atoms with Crippen molar-refractivity contribution in [3.8, 4) is 0 Å². The first kappa shape index (κ1) is 12.8. The molecule has 1 unspecified atom stereocenters. The number of rotatable bonds is 5. The van der Waals surface area contributed by atoms with Gasteiger partial charge in [0, 0.05) is 6.54 Å². The van der Waals surface area contributed by atoms with Crippen LogP contribution < -0.4 is 11.1 Å². The molecule has 1 atom stereocenters. The van der Waals surface area contributed by atoms with Gasteiger partial charge in [-0.1, -0.05) is 0 Å². The summed E-state index contributed by atoms with van der Waals surface area (Å²) in [6.07, 6.45) is 0.662. The number of nitrogens with one attached hydrogen (secondary N) is 1. The van der Waals surface area contributed by atoms with Crippen LogP contribution >= 0.6 is 11.3 Å². The number of carbonyl (C=O) groups is 1. The van der Waals surface area contributed by atoms with E-state index in [0.29, 0.717) is 11.3 Å². The van der Waals surface area contributed by atoms with Crippen LogP contribution in [-0.4, -0.2) is 17.6 Å². The van der Waals surface area contributed by atoms with Gasteiger partial charge in [0.05, 0.1) is 18.2 Å². The minimum absolute atomic E-state index is 0.165. The van der Waals surface area contributed by atoms with Gasteiger partial charge in [0.15, 0.2) is 0 Å². The molecule has 0 aliphatic heterocycles. The first-order valence-corrected chi connectivity index (χ1v) is 6.41. The third-order valence-electron chi connectivity index (χ3n) is 2.50. The van der Waals surface area contributed by atoms with Crippen molar-refractivity contribution in [1.29, 1.82) is 0 Å². The number of hydrogen-bond acceptors (Lipinski definition) is 5. The fourth-order valence-electron chi connectivity index (χ4n) is 1.48. The summed E-state index contributed by atoms with van der Waals surface area (Å²) in [7, 11) is 0. The standard InChI is InChI=1S/C12H14N2O3S/c13-4-10-3-9(6-17-10)12(16)14-5-11(15)8-1-2-18-7-8/h1-3,6-7,11,15H,4-5,13H2,(H,14,16). The Bertz CT molecular complexity index is 507. The number of hydrogen-bond donors (Lipinski definition) is 3. The molecule has 96 valence electrons. The molecule has 0 aliphatic rings. The third-order valence-corrected chi connectivity index (χ3v) is 3.20. The second-order valence-electron chi connectivity index (χ2n) is 3.79. The second-order valence-corrected chi connectivity index (χ2v) is 4.57. The van der Waals surface area contributed by atoms with Crippen LogP contribution in [0, 0.1) is 0 Å². The normalized spacial score (nSPS) is 12.3. The lowest BCUT2D eigenvalue weighted by Gasteiger charge is -2.09. The molecule has 2 aromatic rings. The highest BCUT2D eigenvalue weighted by Gasteiger charge is 2.13. The van der Waals surface area contributed by atoms with Gasteiger partial charge in [0.2, 0.25) is 0 Å². The van der Waals surface area contributed by atoms with Gasteiger partial charge in [-0.2, -0.15) is 11.3 Å². The quantitative estimate of drug-likeness (QED) is 0.760. The minimum atomic E-state index is -0.693. The third kappa shape index (κ3) is 2.98. The van der Waals surface area contributed by atoms with Gasteiger partial charge >= 0.3 is 0 Å². The second kappa shape index (κ2) is 5.81. The number of nitrogens with two attached hydrogens (primary N) is 1. The first-order chi connectivity index (χ1) is 8.70. The number of furan rings is 1. The average Bonchev–Trinajstić information content (AvgIpc) is 3.05. The van der Waals surface area contributed by atoms with Crippen LogP contribution in [-0.2, 0) is 6.54 Å². The van der Waals surface area contributed by atoms with Crippen molar-refractivity contribution >= 4 is 17.2 Å². The molecule has 18 heavy (non-hydrogen) atoms. The van der Waals surface area contributed by atoms with Gasteiger partial charge in [0.1, 0.15) is 12.0 Å². The SMILES string of the molecule is NCc1cc(C(=O)NCC(O)c2ccsc2)co1. The Morgan fingerprint density at radius 1 is 1.61 bits per heavy atom. The largest absolute Gasteiger partial charge is 0.467 e. The van der Waals surface area contributed by atoms with Crippen LogP contribution in [0.2, 0.25) is 0 Å². The number of aliphatic hydroxyl groups is 1. The molecule has 2 aromatic heterocycles. The zero-order valence-electron chi connectivity index (χ0n) is 9.63. The lowest BCUT2D eigenvalue weighted by Crippen LogP contribution is -2.27. The van der Waals surface area contributed by atoms with Gasteiger partial charge in [-0.25, -0.2) is 0 Å². The average molecular weight is 266 g/mol. The molecule has 6 heteroatoms. The topological polar surface area (TPSA) is 88.5 Å². The van der Waals surface area contributed by atoms with Crippen molar-refractivity contribution in [1.82, 2.24) is 5.32 Å². The summed E-state index contributed by atoms with van der Waals surface area (Å²) >= 11 is 1.50.